The van der Waals surface area contributed by atoms with E-state index in [2.05, 4.69) is 16.0 Å². The Balaban J connectivity index is 1.26. The number of nitrogens with one attached hydrogen (secondary N) is 3. The third-order valence-corrected chi connectivity index (χ3v) is 8.66. The zero-order valence-electron chi connectivity index (χ0n) is 17.0. The fourth-order valence-electron chi connectivity index (χ4n) is 5.28. The van der Waals surface area contributed by atoms with E-state index < -0.39 is 28.7 Å². The largest absolute Gasteiger partial charge is 0.391 e. The van der Waals surface area contributed by atoms with E-state index in [0.717, 1.165) is 11.6 Å². The Bertz CT molecular complexity index is 658. The summed E-state index contributed by atoms with van der Waals surface area (Å²) >= 11 is 7.58. The molecule has 5 aliphatic rings. The maximum Gasteiger partial charge on any atom is 0.246 e. The highest BCUT2D eigenvalue weighted by molar-refractivity contribution is 7.99. The molecule has 0 aromatic heterocycles. The molecule has 2 amide bonds. The van der Waals surface area contributed by atoms with Gasteiger partial charge in [-0.1, -0.05) is 0 Å². The number of carbonyl (C=O) groups is 2. The summed E-state index contributed by atoms with van der Waals surface area (Å²) in [5.41, 5.74) is -1.07. The molecule has 7 nitrogen and oxygen atoms in total. The van der Waals surface area contributed by atoms with Gasteiger partial charge in [-0.2, -0.15) is 0 Å². The zero-order valence-corrected chi connectivity index (χ0v) is 18.6. The first kappa shape index (κ1) is 22.6. The molecule has 5 atom stereocenters. The van der Waals surface area contributed by atoms with E-state index in [9.17, 15) is 19.1 Å². The Kier molecular flexibility index (Phi) is 6.85. The number of fused-ring (bicyclic) bond motifs is 3. The Hall–Kier alpha value is -0.610. The molecule has 1 heterocycles. The van der Waals surface area contributed by atoms with Crippen molar-refractivity contribution in [2.75, 3.05) is 18.2 Å². The second-order valence-corrected chi connectivity index (χ2v) is 10.8. The smallest absolute Gasteiger partial charge is 0.246 e. The van der Waals surface area contributed by atoms with E-state index in [-0.39, 0.29) is 37.0 Å². The summed E-state index contributed by atoms with van der Waals surface area (Å²) in [7, 11) is 0. The van der Waals surface area contributed by atoms with Gasteiger partial charge < -0.3 is 20.5 Å². The molecule has 0 aromatic carbocycles. The zero-order chi connectivity index (χ0) is 21.4. The highest BCUT2D eigenvalue weighted by Gasteiger charge is 2.55. The molecule has 0 radical (unpaired) electrons. The number of halogens is 2. The molecule has 0 aromatic rings. The monoisotopic (exact) mass is 463 g/mol. The molecule has 170 valence electrons. The van der Waals surface area contributed by atoms with Crippen LogP contribution in [0.3, 0.4) is 0 Å². The van der Waals surface area contributed by atoms with Gasteiger partial charge in [0.15, 0.2) is 0 Å². The number of rotatable bonds is 6. The topological polar surface area (TPSA) is 99.7 Å². The van der Waals surface area contributed by atoms with Gasteiger partial charge in [-0.15, -0.1) is 23.4 Å². The molecule has 2 bridgehead atoms. The quantitative estimate of drug-likeness (QED) is 0.442. The molecule has 10 heteroatoms. The Morgan fingerprint density at radius 2 is 2.00 bits per heavy atom. The lowest BCUT2D eigenvalue weighted by molar-refractivity contribution is -0.139. The van der Waals surface area contributed by atoms with Crippen LogP contribution >= 0.6 is 23.4 Å². The summed E-state index contributed by atoms with van der Waals surface area (Å²) in [6.45, 7) is -0.116. The highest BCUT2D eigenvalue weighted by atomic mass is 35.5. The van der Waals surface area contributed by atoms with Gasteiger partial charge in [0.1, 0.15) is 12.8 Å². The van der Waals surface area contributed by atoms with E-state index in [0.29, 0.717) is 44.9 Å². The Labute approximate surface area is 185 Å². The van der Waals surface area contributed by atoms with E-state index >= 15 is 0 Å². The SMILES string of the molecule is O=C(COC1CCC(Cl)C(F)C1)NC12CCC(NC(=O)C3CSCN3)(CC1)C(O)C2. The number of amides is 2. The van der Waals surface area contributed by atoms with Crippen LogP contribution in [0.4, 0.5) is 4.39 Å². The second kappa shape index (κ2) is 9.10. The number of thioether (sulfide) groups is 1. The predicted molar refractivity (Wildman–Crippen MR) is 113 cm³/mol. The fraction of sp³-hybridized carbons (Fsp3) is 0.900. The van der Waals surface area contributed by atoms with Crippen LogP contribution < -0.4 is 16.0 Å². The lowest BCUT2D eigenvalue weighted by Crippen LogP contribution is -2.71. The number of hydrogen-bond acceptors (Lipinski definition) is 6. The first-order chi connectivity index (χ1) is 14.3. The van der Waals surface area contributed by atoms with Crippen molar-refractivity contribution in [2.45, 2.75) is 92.2 Å². The fourth-order valence-corrected chi connectivity index (χ4v) is 6.45. The number of alkyl halides is 2. The van der Waals surface area contributed by atoms with Crippen LogP contribution in [0.5, 0.6) is 0 Å². The van der Waals surface area contributed by atoms with Crippen molar-refractivity contribution in [1.29, 1.82) is 0 Å². The van der Waals surface area contributed by atoms with E-state index in [1.807, 2.05) is 0 Å². The molecule has 5 fully saturated rings. The summed E-state index contributed by atoms with van der Waals surface area (Å²) in [5, 5.41) is 19.7. The Morgan fingerprint density at radius 1 is 1.23 bits per heavy atom. The number of aliphatic hydroxyl groups is 1. The van der Waals surface area contributed by atoms with Gasteiger partial charge in [-0.3, -0.25) is 14.9 Å². The maximum atomic E-state index is 13.7. The van der Waals surface area contributed by atoms with Gasteiger partial charge >= 0.3 is 0 Å². The molecule has 4 aliphatic carbocycles. The molecule has 5 rings (SSSR count). The minimum atomic E-state index is -1.10. The lowest BCUT2D eigenvalue weighted by atomic mass is 9.60. The third kappa shape index (κ3) is 4.75. The van der Waals surface area contributed by atoms with E-state index in [4.69, 9.17) is 16.3 Å². The summed E-state index contributed by atoms with van der Waals surface area (Å²) in [5.74, 6) is 1.22. The first-order valence-corrected chi connectivity index (χ1v) is 12.4. The minimum absolute atomic E-state index is 0.0521. The molecule has 4 N–H and O–H groups in total. The average Bonchev–Trinajstić information content (AvgIpc) is 3.25. The van der Waals surface area contributed by atoms with Crippen LogP contribution in [-0.4, -0.2) is 76.0 Å². The molecule has 30 heavy (non-hydrogen) atoms. The van der Waals surface area contributed by atoms with Gasteiger partial charge in [0, 0.05) is 23.6 Å². The maximum absolute atomic E-state index is 13.7. The number of hydrogen-bond donors (Lipinski definition) is 4. The second-order valence-electron chi connectivity index (χ2n) is 9.24. The summed E-state index contributed by atoms with van der Waals surface area (Å²) < 4.78 is 19.4. The number of ether oxygens (including phenoxy) is 1. The molecule has 4 saturated carbocycles. The number of carbonyl (C=O) groups excluding carboxylic acids is 2. The summed E-state index contributed by atoms with van der Waals surface area (Å²) in [6, 6.07) is -0.208. The molecule has 5 unspecified atom stereocenters. The van der Waals surface area contributed by atoms with Gasteiger partial charge in [0.25, 0.3) is 0 Å². The van der Waals surface area contributed by atoms with Crippen LogP contribution in [0.15, 0.2) is 0 Å². The average molecular weight is 464 g/mol. The Morgan fingerprint density at radius 3 is 2.63 bits per heavy atom. The molecule has 1 saturated heterocycles. The van der Waals surface area contributed by atoms with Gasteiger partial charge in [0.2, 0.25) is 11.8 Å². The van der Waals surface area contributed by atoms with Gasteiger partial charge in [0.05, 0.1) is 29.2 Å². The van der Waals surface area contributed by atoms with Crippen LogP contribution in [0, 0.1) is 0 Å². The van der Waals surface area contributed by atoms with Crippen LogP contribution in [0.1, 0.15) is 51.4 Å². The van der Waals surface area contributed by atoms with Gasteiger partial charge in [-0.05, 0) is 44.9 Å². The predicted octanol–water partition coefficient (Wildman–Crippen LogP) is 1.21. The number of aliphatic hydroxyl groups excluding tert-OH is 1. The molecular weight excluding hydrogens is 433 g/mol. The van der Waals surface area contributed by atoms with E-state index in [1.54, 1.807) is 11.8 Å². The van der Waals surface area contributed by atoms with E-state index in [1.165, 1.54) is 0 Å². The van der Waals surface area contributed by atoms with Crippen molar-refractivity contribution in [1.82, 2.24) is 16.0 Å². The molecular formula is C20H31ClFN3O4S. The third-order valence-electron chi connectivity index (χ3n) is 7.23. The minimum Gasteiger partial charge on any atom is -0.391 e. The van der Waals surface area contributed by atoms with Gasteiger partial charge in [-0.25, -0.2) is 4.39 Å². The van der Waals surface area contributed by atoms with Crippen LogP contribution in [-0.2, 0) is 14.3 Å². The standard InChI is InChI=1S/C20H31ClFN3O4S/c21-13-2-1-12(7-14(13)22)29-9-17(27)24-19-3-5-20(6-4-19,16(26)8-19)25-18(28)15-10-30-11-23-15/h12-16,23,26H,1-11H2,(H,24,27)(H,25,28). The first-order valence-electron chi connectivity index (χ1n) is 10.8. The molecule has 1 aliphatic heterocycles. The highest BCUT2D eigenvalue weighted by Crippen LogP contribution is 2.47. The molecule has 0 spiro atoms. The van der Waals surface area contributed by atoms with Crippen molar-refractivity contribution in [2.24, 2.45) is 0 Å². The van der Waals surface area contributed by atoms with Crippen LogP contribution in [0.2, 0.25) is 0 Å². The van der Waals surface area contributed by atoms with Crippen LogP contribution in [0.25, 0.3) is 0 Å². The summed E-state index contributed by atoms with van der Waals surface area (Å²) in [4.78, 5) is 25.1. The normalized spacial score (nSPS) is 43.4. The van der Waals surface area contributed by atoms with Crippen molar-refractivity contribution < 1.29 is 23.8 Å². The van der Waals surface area contributed by atoms with Crippen molar-refractivity contribution >= 4 is 35.2 Å². The lowest BCUT2D eigenvalue weighted by Gasteiger charge is -2.56. The van der Waals surface area contributed by atoms with Crippen molar-refractivity contribution in [3.63, 3.8) is 0 Å². The van der Waals surface area contributed by atoms with Crippen molar-refractivity contribution in [3.05, 3.63) is 0 Å². The summed E-state index contributed by atoms with van der Waals surface area (Å²) in [6.07, 6.45) is 2.42. The van der Waals surface area contributed by atoms with Crippen molar-refractivity contribution in [3.8, 4) is 0 Å².